The molecule has 1 aromatic heterocycles. The zero-order valence-electron chi connectivity index (χ0n) is 11.3. The molecule has 21 heavy (non-hydrogen) atoms. The van der Waals surface area contributed by atoms with Crippen LogP contribution >= 0.6 is 0 Å². The van der Waals surface area contributed by atoms with Crippen molar-refractivity contribution in [1.29, 1.82) is 0 Å². The van der Waals surface area contributed by atoms with Crippen LogP contribution in [0.15, 0.2) is 72.9 Å². The molecular weight excluding hydrogens is 258 g/mol. The predicted octanol–water partition coefficient (Wildman–Crippen LogP) is 4.76. The molecule has 0 aliphatic carbocycles. The van der Waals surface area contributed by atoms with Gasteiger partial charge < -0.3 is 5.11 Å². The number of hydrogen-bond donors (Lipinski definition) is 1. The Bertz CT molecular complexity index is 945. The second kappa shape index (κ2) is 4.60. The van der Waals surface area contributed by atoms with E-state index in [2.05, 4.69) is 11.1 Å². The molecule has 4 aromatic rings. The van der Waals surface area contributed by atoms with Crippen LogP contribution in [0.1, 0.15) is 0 Å². The molecule has 4 rings (SSSR count). The number of hydrogen-bond acceptors (Lipinski definition) is 2. The molecule has 2 heteroatoms. The third kappa shape index (κ3) is 1.84. The Morgan fingerprint density at radius 1 is 0.762 bits per heavy atom. The van der Waals surface area contributed by atoms with E-state index in [9.17, 15) is 5.11 Å². The summed E-state index contributed by atoms with van der Waals surface area (Å²) >= 11 is 0. The molecule has 0 saturated carbocycles. The standard InChI is InChI=1S/C19H13NO/c21-17-11-10-16-19(18(17)13-6-2-1-3-7-13)15-9-5-4-8-14(15)12-20-16/h1-12,21H. The summed E-state index contributed by atoms with van der Waals surface area (Å²) in [4.78, 5) is 4.53. The van der Waals surface area contributed by atoms with Gasteiger partial charge in [0.1, 0.15) is 5.75 Å². The minimum atomic E-state index is 0.284. The van der Waals surface area contributed by atoms with E-state index in [1.165, 1.54) is 0 Å². The zero-order chi connectivity index (χ0) is 14.2. The van der Waals surface area contributed by atoms with Crippen molar-refractivity contribution in [2.75, 3.05) is 0 Å². The van der Waals surface area contributed by atoms with Crippen LogP contribution in [-0.4, -0.2) is 10.1 Å². The van der Waals surface area contributed by atoms with Crippen LogP contribution in [0, 0.1) is 0 Å². The summed E-state index contributed by atoms with van der Waals surface area (Å²) in [6.45, 7) is 0. The molecule has 0 fully saturated rings. The largest absolute Gasteiger partial charge is 0.507 e. The number of benzene rings is 3. The lowest BCUT2D eigenvalue weighted by atomic mass is 9.96. The van der Waals surface area contributed by atoms with Gasteiger partial charge in [0, 0.05) is 22.5 Å². The minimum Gasteiger partial charge on any atom is -0.507 e. The van der Waals surface area contributed by atoms with E-state index in [0.29, 0.717) is 0 Å². The SMILES string of the molecule is Oc1ccc2ncc3ccccc3c2c1-c1ccccc1. The van der Waals surface area contributed by atoms with Crippen molar-refractivity contribution < 1.29 is 5.11 Å². The Labute approximate surface area is 122 Å². The molecule has 0 bridgehead atoms. The quantitative estimate of drug-likeness (QED) is 0.506. The van der Waals surface area contributed by atoms with Crippen LogP contribution in [0.5, 0.6) is 5.75 Å². The molecule has 0 spiro atoms. The number of nitrogens with zero attached hydrogens (tertiary/aromatic N) is 1. The lowest BCUT2D eigenvalue weighted by Crippen LogP contribution is -1.87. The van der Waals surface area contributed by atoms with Gasteiger partial charge in [-0.3, -0.25) is 4.98 Å². The predicted molar refractivity (Wildman–Crippen MR) is 86.3 cm³/mol. The molecule has 3 aromatic carbocycles. The van der Waals surface area contributed by atoms with Gasteiger partial charge in [0.25, 0.3) is 0 Å². The minimum absolute atomic E-state index is 0.284. The van der Waals surface area contributed by atoms with E-state index >= 15 is 0 Å². The van der Waals surface area contributed by atoms with E-state index in [1.807, 2.05) is 60.8 Å². The molecule has 2 nitrogen and oxygen atoms in total. The first-order valence-corrected chi connectivity index (χ1v) is 6.89. The average molecular weight is 271 g/mol. The topological polar surface area (TPSA) is 33.1 Å². The Balaban J connectivity index is 2.23. The maximum Gasteiger partial charge on any atom is 0.124 e. The highest BCUT2D eigenvalue weighted by Gasteiger charge is 2.12. The van der Waals surface area contributed by atoms with E-state index < -0.39 is 0 Å². The summed E-state index contributed by atoms with van der Waals surface area (Å²) in [7, 11) is 0. The van der Waals surface area contributed by atoms with Crippen LogP contribution in [-0.2, 0) is 0 Å². The van der Waals surface area contributed by atoms with Crippen molar-refractivity contribution in [1.82, 2.24) is 4.98 Å². The van der Waals surface area contributed by atoms with Crippen molar-refractivity contribution in [2.45, 2.75) is 0 Å². The van der Waals surface area contributed by atoms with Gasteiger partial charge in [-0.15, -0.1) is 0 Å². The first-order valence-electron chi connectivity index (χ1n) is 6.89. The van der Waals surface area contributed by atoms with Crippen LogP contribution in [0.25, 0.3) is 32.8 Å². The molecule has 0 atom stereocenters. The lowest BCUT2D eigenvalue weighted by Gasteiger charge is -2.11. The normalized spacial score (nSPS) is 11.0. The molecular formula is C19H13NO. The van der Waals surface area contributed by atoms with Gasteiger partial charge in [-0.2, -0.15) is 0 Å². The smallest absolute Gasteiger partial charge is 0.124 e. The van der Waals surface area contributed by atoms with Crippen molar-refractivity contribution in [3.05, 3.63) is 72.9 Å². The number of phenolic OH excluding ortho intramolecular Hbond substituents is 1. The van der Waals surface area contributed by atoms with Gasteiger partial charge in [0.05, 0.1) is 5.52 Å². The number of phenols is 1. The number of rotatable bonds is 1. The first-order chi connectivity index (χ1) is 10.3. The zero-order valence-corrected chi connectivity index (χ0v) is 11.3. The third-order valence-electron chi connectivity index (χ3n) is 3.80. The van der Waals surface area contributed by atoms with Crippen molar-refractivity contribution >= 4 is 21.7 Å². The fraction of sp³-hybridized carbons (Fsp3) is 0. The van der Waals surface area contributed by atoms with Gasteiger partial charge in [-0.1, -0.05) is 54.6 Å². The summed E-state index contributed by atoms with van der Waals surface area (Å²) in [6.07, 6.45) is 1.88. The summed E-state index contributed by atoms with van der Waals surface area (Å²) in [5.41, 5.74) is 2.74. The van der Waals surface area contributed by atoms with Gasteiger partial charge in [-0.25, -0.2) is 0 Å². The first kappa shape index (κ1) is 11.9. The number of aromatic hydroxyl groups is 1. The van der Waals surface area contributed by atoms with Crippen molar-refractivity contribution in [3.8, 4) is 16.9 Å². The lowest BCUT2D eigenvalue weighted by molar-refractivity contribution is 0.478. The number of fused-ring (bicyclic) bond motifs is 3. The molecule has 0 amide bonds. The summed E-state index contributed by atoms with van der Waals surface area (Å²) in [5, 5.41) is 13.6. The van der Waals surface area contributed by atoms with E-state index in [0.717, 1.165) is 32.8 Å². The summed E-state index contributed by atoms with van der Waals surface area (Å²) in [6, 6.07) is 21.7. The van der Waals surface area contributed by atoms with Gasteiger partial charge in [0.15, 0.2) is 0 Å². The highest BCUT2D eigenvalue weighted by atomic mass is 16.3. The second-order valence-electron chi connectivity index (χ2n) is 5.07. The molecule has 0 aliphatic rings. The van der Waals surface area contributed by atoms with Gasteiger partial charge >= 0.3 is 0 Å². The highest BCUT2D eigenvalue weighted by Crippen LogP contribution is 2.38. The van der Waals surface area contributed by atoms with E-state index in [1.54, 1.807) is 6.07 Å². The van der Waals surface area contributed by atoms with Gasteiger partial charge in [-0.05, 0) is 23.1 Å². The number of pyridine rings is 1. The van der Waals surface area contributed by atoms with E-state index in [4.69, 9.17) is 0 Å². The van der Waals surface area contributed by atoms with Crippen molar-refractivity contribution in [2.24, 2.45) is 0 Å². The highest BCUT2D eigenvalue weighted by molar-refractivity contribution is 6.13. The Morgan fingerprint density at radius 3 is 2.38 bits per heavy atom. The summed E-state index contributed by atoms with van der Waals surface area (Å²) < 4.78 is 0. The van der Waals surface area contributed by atoms with E-state index in [-0.39, 0.29) is 5.75 Å². The second-order valence-corrected chi connectivity index (χ2v) is 5.07. The molecule has 0 unspecified atom stereocenters. The Kier molecular flexibility index (Phi) is 2.61. The molecule has 0 saturated heterocycles. The van der Waals surface area contributed by atoms with Crippen LogP contribution in [0.2, 0.25) is 0 Å². The monoisotopic (exact) mass is 271 g/mol. The molecule has 1 heterocycles. The molecule has 100 valence electrons. The molecule has 0 aliphatic heterocycles. The van der Waals surface area contributed by atoms with Crippen LogP contribution in [0.4, 0.5) is 0 Å². The van der Waals surface area contributed by atoms with Crippen LogP contribution < -0.4 is 0 Å². The van der Waals surface area contributed by atoms with Crippen LogP contribution in [0.3, 0.4) is 0 Å². The maximum absolute atomic E-state index is 10.4. The van der Waals surface area contributed by atoms with Crippen molar-refractivity contribution in [3.63, 3.8) is 0 Å². The molecule has 0 radical (unpaired) electrons. The average Bonchev–Trinajstić information content (AvgIpc) is 2.55. The van der Waals surface area contributed by atoms with Gasteiger partial charge in [0.2, 0.25) is 0 Å². The maximum atomic E-state index is 10.4. The summed E-state index contributed by atoms with van der Waals surface area (Å²) in [5.74, 6) is 0.284. The number of aromatic nitrogens is 1. The Hall–Kier alpha value is -2.87. The molecule has 1 N–H and O–H groups in total. The fourth-order valence-corrected chi connectivity index (χ4v) is 2.83. The third-order valence-corrected chi connectivity index (χ3v) is 3.80. The Morgan fingerprint density at radius 2 is 1.52 bits per heavy atom. The fourth-order valence-electron chi connectivity index (χ4n) is 2.83.